The van der Waals surface area contributed by atoms with E-state index < -0.39 is 28.9 Å². The number of imide groups is 1. The van der Waals surface area contributed by atoms with Crippen LogP contribution in [0.5, 0.6) is 0 Å². The largest absolute Gasteiger partial charge is 0.273 e. The number of fused-ring (bicyclic) bond motifs is 1. The highest BCUT2D eigenvalue weighted by atomic mass is 16.7. The summed E-state index contributed by atoms with van der Waals surface area (Å²) in [5, 5.41) is 12.9. The third-order valence-corrected chi connectivity index (χ3v) is 6.14. The third kappa shape index (κ3) is 3.35. The number of para-hydroxylation sites is 1. The molecule has 0 bridgehead atoms. The van der Waals surface area contributed by atoms with Crippen LogP contribution in [0.2, 0.25) is 0 Å². The van der Waals surface area contributed by atoms with Crippen molar-refractivity contribution in [3.05, 3.63) is 99.6 Å². The van der Waals surface area contributed by atoms with Crippen molar-refractivity contribution < 1.29 is 19.3 Å². The zero-order chi connectivity index (χ0) is 23.3. The van der Waals surface area contributed by atoms with Crippen molar-refractivity contribution in [2.24, 2.45) is 5.92 Å². The molecule has 166 valence electrons. The first-order chi connectivity index (χ1) is 15.9. The molecule has 0 saturated carbocycles. The van der Waals surface area contributed by atoms with Crippen LogP contribution in [-0.2, 0) is 14.4 Å². The van der Waals surface area contributed by atoms with E-state index in [0.717, 1.165) is 11.1 Å². The van der Waals surface area contributed by atoms with Crippen LogP contribution in [0, 0.1) is 29.9 Å². The number of aryl methyl sites for hydroxylation is 2. The maximum Gasteiger partial charge on any atom is 0.269 e. The van der Waals surface area contributed by atoms with E-state index in [1.807, 2.05) is 56.3 Å². The standard InChI is InChI=1S/C25H21N3O5/c1-15-11-12-20(16(2)13-15)26-24(29)21-22(17-7-6-10-19(14-17)28(31)32)27(33-23(21)25(26)30)18-8-4-3-5-9-18/h3-14,21-23H,1-2H3/t21-,22+,23-/m0/s1. The summed E-state index contributed by atoms with van der Waals surface area (Å²) in [5.41, 5.74) is 3.45. The van der Waals surface area contributed by atoms with E-state index in [0.29, 0.717) is 16.9 Å². The van der Waals surface area contributed by atoms with Gasteiger partial charge >= 0.3 is 0 Å². The lowest BCUT2D eigenvalue weighted by atomic mass is 9.90. The van der Waals surface area contributed by atoms with Crippen LogP contribution in [0.1, 0.15) is 22.7 Å². The molecule has 0 radical (unpaired) electrons. The van der Waals surface area contributed by atoms with Crippen LogP contribution >= 0.6 is 0 Å². The number of benzene rings is 3. The summed E-state index contributed by atoms with van der Waals surface area (Å²) in [6, 6.07) is 20.1. The van der Waals surface area contributed by atoms with E-state index in [4.69, 9.17) is 4.84 Å². The molecule has 3 aromatic rings. The molecular weight excluding hydrogens is 422 g/mol. The average molecular weight is 443 g/mol. The molecule has 2 aliphatic rings. The zero-order valence-corrected chi connectivity index (χ0v) is 18.0. The number of nitro groups is 1. The molecule has 0 aromatic heterocycles. The van der Waals surface area contributed by atoms with Gasteiger partial charge in [-0.05, 0) is 43.2 Å². The molecule has 2 heterocycles. The second-order valence-electron chi connectivity index (χ2n) is 8.31. The first-order valence-corrected chi connectivity index (χ1v) is 10.6. The van der Waals surface area contributed by atoms with Crippen molar-refractivity contribution in [3.63, 3.8) is 0 Å². The fourth-order valence-electron chi connectivity index (χ4n) is 4.67. The molecule has 8 heteroatoms. The Bertz CT molecular complexity index is 1280. The number of hydrogen-bond donors (Lipinski definition) is 0. The molecule has 0 unspecified atom stereocenters. The van der Waals surface area contributed by atoms with Gasteiger partial charge in [-0.15, -0.1) is 0 Å². The maximum absolute atomic E-state index is 13.7. The zero-order valence-electron chi connectivity index (χ0n) is 18.0. The molecule has 2 fully saturated rings. The Labute approximate surface area is 190 Å². The third-order valence-electron chi connectivity index (χ3n) is 6.14. The summed E-state index contributed by atoms with van der Waals surface area (Å²) in [5.74, 6) is -1.67. The van der Waals surface area contributed by atoms with Gasteiger partial charge in [-0.2, -0.15) is 0 Å². The van der Waals surface area contributed by atoms with Crippen LogP contribution in [-0.4, -0.2) is 22.8 Å². The lowest BCUT2D eigenvalue weighted by Gasteiger charge is -2.29. The van der Waals surface area contributed by atoms with Crippen molar-refractivity contribution in [2.45, 2.75) is 26.0 Å². The molecule has 8 nitrogen and oxygen atoms in total. The Morgan fingerprint density at radius 1 is 0.909 bits per heavy atom. The number of carbonyl (C=O) groups is 2. The number of carbonyl (C=O) groups excluding carboxylic acids is 2. The van der Waals surface area contributed by atoms with Gasteiger partial charge in [0.05, 0.1) is 22.3 Å². The Kier molecular flexibility index (Phi) is 4.94. The molecule has 2 saturated heterocycles. The Balaban J connectivity index is 1.61. The first kappa shape index (κ1) is 20.8. The van der Waals surface area contributed by atoms with Gasteiger partial charge in [0.2, 0.25) is 5.91 Å². The number of anilines is 2. The van der Waals surface area contributed by atoms with Crippen molar-refractivity contribution in [3.8, 4) is 0 Å². The molecule has 0 N–H and O–H groups in total. The molecular formula is C25H21N3O5. The summed E-state index contributed by atoms with van der Waals surface area (Å²) < 4.78 is 0. The molecule has 2 amide bonds. The minimum Gasteiger partial charge on any atom is -0.273 e. The number of non-ortho nitro benzene ring substituents is 1. The normalized spacial score (nSPS) is 22.1. The minimum atomic E-state index is -1.03. The SMILES string of the molecule is Cc1ccc(N2C(=O)[C@@H]3[C@H](ON(c4ccccc4)[C@@H]3c3cccc([N+](=O)[O-])c3)C2=O)c(C)c1. The summed E-state index contributed by atoms with van der Waals surface area (Å²) >= 11 is 0. The Morgan fingerprint density at radius 2 is 1.67 bits per heavy atom. The Morgan fingerprint density at radius 3 is 2.36 bits per heavy atom. The van der Waals surface area contributed by atoms with Crippen molar-refractivity contribution >= 4 is 28.9 Å². The molecule has 5 rings (SSSR count). The van der Waals surface area contributed by atoms with E-state index in [-0.39, 0.29) is 11.6 Å². The predicted octanol–water partition coefficient (Wildman–Crippen LogP) is 4.26. The highest BCUT2D eigenvalue weighted by molar-refractivity contribution is 6.24. The lowest BCUT2D eigenvalue weighted by Crippen LogP contribution is -2.37. The summed E-state index contributed by atoms with van der Waals surface area (Å²) in [4.78, 5) is 45.3. The van der Waals surface area contributed by atoms with Crippen molar-refractivity contribution in [2.75, 3.05) is 9.96 Å². The fourth-order valence-corrected chi connectivity index (χ4v) is 4.67. The van der Waals surface area contributed by atoms with Gasteiger partial charge in [-0.25, -0.2) is 9.96 Å². The molecule has 3 aromatic carbocycles. The van der Waals surface area contributed by atoms with Crippen LogP contribution in [0.4, 0.5) is 17.1 Å². The van der Waals surface area contributed by atoms with E-state index in [1.54, 1.807) is 18.2 Å². The topological polar surface area (TPSA) is 93.0 Å². The molecule has 2 aliphatic heterocycles. The van der Waals surface area contributed by atoms with E-state index >= 15 is 0 Å². The molecule has 0 spiro atoms. The van der Waals surface area contributed by atoms with Crippen LogP contribution in [0.15, 0.2) is 72.8 Å². The average Bonchev–Trinajstić information content (AvgIpc) is 3.31. The highest BCUT2D eigenvalue weighted by Crippen LogP contribution is 2.48. The van der Waals surface area contributed by atoms with Gasteiger partial charge in [0, 0.05) is 12.1 Å². The number of amides is 2. The number of rotatable bonds is 4. The number of nitro benzene ring substituents is 1. The van der Waals surface area contributed by atoms with Gasteiger partial charge in [-0.1, -0.05) is 48.0 Å². The second-order valence-corrected chi connectivity index (χ2v) is 8.31. The Hall–Kier alpha value is -4.04. The van der Waals surface area contributed by atoms with Crippen molar-refractivity contribution in [1.82, 2.24) is 0 Å². The number of nitrogens with zero attached hydrogens (tertiary/aromatic N) is 3. The van der Waals surface area contributed by atoms with Crippen molar-refractivity contribution in [1.29, 1.82) is 0 Å². The van der Waals surface area contributed by atoms with Gasteiger partial charge < -0.3 is 0 Å². The van der Waals surface area contributed by atoms with E-state index in [2.05, 4.69) is 0 Å². The lowest BCUT2D eigenvalue weighted by molar-refractivity contribution is -0.384. The van der Waals surface area contributed by atoms with E-state index in [1.165, 1.54) is 22.1 Å². The van der Waals surface area contributed by atoms with Crippen LogP contribution in [0.25, 0.3) is 0 Å². The summed E-state index contributed by atoms with van der Waals surface area (Å²) in [6.07, 6.45) is -1.03. The van der Waals surface area contributed by atoms with Gasteiger partial charge in [-0.3, -0.25) is 24.5 Å². The molecule has 0 aliphatic carbocycles. The second kappa shape index (κ2) is 7.83. The number of hydrogen-bond acceptors (Lipinski definition) is 6. The number of hydroxylamine groups is 1. The fraction of sp³-hybridized carbons (Fsp3) is 0.200. The van der Waals surface area contributed by atoms with E-state index in [9.17, 15) is 19.7 Å². The minimum absolute atomic E-state index is 0.0908. The smallest absolute Gasteiger partial charge is 0.269 e. The first-order valence-electron chi connectivity index (χ1n) is 10.6. The summed E-state index contributed by atoms with van der Waals surface area (Å²) in [6.45, 7) is 3.80. The van der Waals surface area contributed by atoms with Crippen LogP contribution in [0.3, 0.4) is 0 Å². The van der Waals surface area contributed by atoms with Gasteiger partial charge in [0.1, 0.15) is 5.92 Å². The molecule has 33 heavy (non-hydrogen) atoms. The highest BCUT2D eigenvalue weighted by Gasteiger charge is 2.60. The maximum atomic E-state index is 13.7. The summed E-state index contributed by atoms with van der Waals surface area (Å²) in [7, 11) is 0. The van der Waals surface area contributed by atoms with Gasteiger partial charge in [0.25, 0.3) is 11.6 Å². The quantitative estimate of drug-likeness (QED) is 0.340. The predicted molar refractivity (Wildman–Crippen MR) is 122 cm³/mol. The van der Waals surface area contributed by atoms with Gasteiger partial charge in [0.15, 0.2) is 6.10 Å². The van der Waals surface area contributed by atoms with Crippen LogP contribution < -0.4 is 9.96 Å². The monoisotopic (exact) mass is 443 g/mol. The molecule has 3 atom stereocenters.